The number of anilines is 1. The molecule has 21 heavy (non-hydrogen) atoms. The molecule has 0 bridgehead atoms. The van der Waals surface area contributed by atoms with E-state index in [4.69, 9.17) is 10.1 Å². The molecule has 4 heterocycles. The summed E-state index contributed by atoms with van der Waals surface area (Å²) < 4.78 is 1.97. The maximum Gasteiger partial charge on any atom is 0.184 e. The summed E-state index contributed by atoms with van der Waals surface area (Å²) in [6, 6.07) is 4.23. The largest absolute Gasteiger partial charge is 0.356 e. The second-order valence-corrected chi connectivity index (χ2v) is 5.96. The first-order valence-electron chi connectivity index (χ1n) is 7.53. The van der Waals surface area contributed by atoms with Crippen LogP contribution >= 0.6 is 0 Å². The van der Waals surface area contributed by atoms with Gasteiger partial charge >= 0.3 is 0 Å². The van der Waals surface area contributed by atoms with Gasteiger partial charge in [-0.15, -0.1) is 5.10 Å². The highest BCUT2D eigenvalue weighted by atomic mass is 15.4. The monoisotopic (exact) mass is 281 g/mol. The molecule has 0 saturated carbocycles. The first-order valence-corrected chi connectivity index (χ1v) is 7.53. The quantitative estimate of drug-likeness (QED) is 0.688. The minimum Gasteiger partial charge on any atom is -0.356 e. The Morgan fingerprint density at radius 3 is 2.43 bits per heavy atom. The van der Waals surface area contributed by atoms with Crippen LogP contribution in [0.2, 0.25) is 0 Å². The van der Waals surface area contributed by atoms with Crippen molar-refractivity contribution in [2.24, 2.45) is 0 Å². The van der Waals surface area contributed by atoms with Crippen LogP contribution in [-0.4, -0.2) is 32.7 Å². The molecule has 3 aromatic heterocycles. The minimum atomic E-state index is 0.797. The molecule has 1 fully saturated rings. The van der Waals surface area contributed by atoms with Gasteiger partial charge in [-0.25, -0.2) is 9.97 Å². The number of hydrogen-bond donors (Lipinski definition) is 0. The van der Waals surface area contributed by atoms with Gasteiger partial charge in [0.1, 0.15) is 5.82 Å². The Hall–Kier alpha value is -2.17. The molecule has 0 atom stereocenters. The molecule has 5 heteroatoms. The molecule has 108 valence electrons. The van der Waals surface area contributed by atoms with Crippen LogP contribution in [0.3, 0.4) is 0 Å². The van der Waals surface area contributed by atoms with E-state index in [1.807, 2.05) is 11.4 Å². The van der Waals surface area contributed by atoms with Crippen molar-refractivity contribution in [2.45, 2.75) is 33.6 Å². The third-order valence-electron chi connectivity index (χ3n) is 4.21. The number of rotatable bonds is 1. The molecule has 0 amide bonds. The molecule has 1 aliphatic rings. The molecule has 3 aromatic rings. The summed E-state index contributed by atoms with van der Waals surface area (Å²) in [7, 11) is 0. The van der Waals surface area contributed by atoms with Crippen LogP contribution in [0, 0.1) is 20.8 Å². The van der Waals surface area contributed by atoms with Crippen LogP contribution in [0.1, 0.15) is 29.8 Å². The predicted molar refractivity (Wildman–Crippen MR) is 83.9 cm³/mol. The third-order valence-corrected chi connectivity index (χ3v) is 4.21. The number of hydrogen-bond acceptors (Lipinski definition) is 4. The summed E-state index contributed by atoms with van der Waals surface area (Å²) in [5.41, 5.74) is 4.95. The Balaban J connectivity index is 2.09. The first-order chi connectivity index (χ1) is 10.1. The highest BCUT2D eigenvalue weighted by Crippen LogP contribution is 2.27. The van der Waals surface area contributed by atoms with E-state index in [-0.39, 0.29) is 0 Å². The van der Waals surface area contributed by atoms with Crippen molar-refractivity contribution in [2.75, 3.05) is 18.0 Å². The summed E-state index contributed by atoms with van der Waals surface area (Å²) in [6.45, 7) is 8.37. The highest BCUT2D eigenvalue weighted by molar-refractivity contribution is 5.93. The summed E-state index contributed by atoms with van der Waals surface area (Å²) in [6.07, 6.45) is 2.50. The van der Waals surface area contributed by atoms with E-state index in [0.29, 0.717) is 0 Å². The predicted octanol–water partition coefficient (Wildman–Crippen LogP) is 2.80. The van der Waals surface area contributed by atoms with Gasteiger partial charge < -0.3 is 4.90 Å². The maximum atomic E-state index is 4.72. The van der Waals surface area contributed by atoms with Crippen LogP contribution in [0.25, 0.3) is 16.7 Å². The van der Waals surface area contributed by atoms with Crippen LogP contribution in [0.15, 0.2) is 12.1 Å². The zero-order valence-electron chi connectivity index (χ0n) is 12.7. The molecule has 1 aliphatic heterocycles. The fraction of sp³-hybridized carbons (Fsp3) is 0.438. The van der Waals surface area contributed by atoms with E-state index in [9.17, 15) is 0 Å². The second kappa shape index (κ2) is 4.41. The maximum absolute atomic E-state index is 4.72. The van der Waals surface area contributed by atoms with E-state index in [1.165, 1.54) is 18.4 Å². The van der Waals surface area contributed by atoms with Crippen LogP contribution < -0.4 is 4.90 Å². The zero-order valence-corrected chi connectivity index (χ0v) is 12.7. The average molecular weight is 281 g/mol. The Kier molecular flexibility index (Phi) is 2.64. The molecule has 1 saturated heterocycles. The fourth-order valence-electron chi connectivity index (χ4n) is 3.30. The molecule has 0 spiro atoms. The fourth-order valence-corrected chi connectivity index (χ4v) is 3.30. The average Bonchev–Trinajstić information content (AvgIpc) is 3.04. The zero-order chi connectivity index (χ0) is 14.6. The number of nitrogens with zero attached hydrogens (tertiary/aromatic N) is 5. The lowest BCUT2D eigenvalue weighted by atomic mass is 10.2. The molecule has 4 rings (SSSR count). The van der Waals surface area contributed by atoms with Gasteiger partial charge in [0.05, 0.1) is 5.39 Å². The van der Waals surface area contributed by atoms with Crippen molar-refractivity contribution >= 4 is 22.5 Å². The lowest BCUT2D eigenvalue weighted by Crippen LogP contribution is -2.21. The second-order valence-electron chi connectivity index (χ2n) is 5.96. The van der Waals surface area contributed by atoms with Crippen molar-refractivity contribution in [1.82, 2.24) is 19.6 Å². The van der Waals surface area contributed by atoms with E-state index in [2.05, 4.69) is 35.9 Å². The number of pyridine rings is 1. The van der Waals surface area contributed by atoms with Gasteiger partial charge in [0.25, 0.3) is 0 Å². The van der Waals surface area contributed by atoms with E-state index in [0.717, 1.165) is 47.0 Å². The van der Waals surface area contributed by atoms with Gasteiger partial charge in [0.2, 0.25) is 0 Å². The standard InChI is InChI=1S/C16H19N5/c1-10-8-11(2)17-15-14(10)16-18-12(3)9-13(21(16)19-15)20-6-4-5-7-20/h8-9H,4-7H2,1-3H3. The first kappa shape index (κ1) is 12.6. The van der Waals surface area contributed by atoms with E-state index in [1.54, 1.807) is 0 Å². The summed E-state index contributed by atoms with van der Waals surface area (Å²) in [5.74, 6) is 1.14. The Morgan fingerprint density at radius 1 is 0.952 bits per heavy atom. The van der Waals surface area contributed by atoms with Crippen LogP contribution in [-0.2, 0) is 0 Å². The van der Waals surface area contributed by atoms with Crippen molar-refractivity contribution in [3.63, 3.8) is 0 Å². The minimum absolute atomic E-state index is 0.797. The molecule has 0 aromatic carbocycles. The van der Waals surface area contributed by atoms with Crippen molar-refractivity contribution in [3.8, 4) is 0 Å². The van der Waals surface area contributed by atoms with Crippen LogP contribution in [0.5, 0.6) is 0 Å². The highest BCUT2D eigenvalue weighted by Gasteiger charge is 2.19. The van der Waals surface area contributed by atoms with Gasteiger partial charge in [-0.2, -0.15) is 4.52 Å². The smallest absolute Gasteiger partial charge is 0.184 e. The van der Waals surface area contributed by atoms with E-state index < -0.39 is 0 Å². The molecule has 0 N–H and O–H groups in total. The third kappa shape index (κ3) is 1.87. The molecule has 5 nitrogen and oxygen atoms in total. The van der Waals surface area contributed by atoms with Crippen molar-refractivity contribution in [1.29, 1.82) is 0 Å². The number of fused-ring (bicyclic) bond motifs is 3. The van der Waals surface area contributed by atoms with Gasteiger partial charge in [0, 0.05) is 30.5 Å². The summed E-state index contributed by atoms with van der Waals surface area (Å²) in [5, 5.41) is 5.80. The summed E-state index contributed by atoms with van der Waals surface area (Å²) >= 11 is 0. The lowest BCUT2D eigenvalue weighted by molar-refractivity contribution is 0.849. The molecule has 0 aliphatic carbocycles. The molecular weight excluding hydrogens is 262 g/mol. The Labute approximate surface area is 123 Å². The summed E-state index contributed by atoms with van der Waals surface area (Å²) in [4.78, 5) is 11.7. The Morgan fingerprint density at radius 2 is 1.67 bits per heavy atom. The van der Waals surface area contributed by atoms with Gasteiger partial charge in [-0.3, -0.25) is 0 Å². The molecular formula is C16H19N5. The SMILES string of the molecule is Cc1cc(C)c2c(n1)nn1c(N3CCCC3)cc(C)nc21. The van der Waals surface area contributed by atoms with Crippen LogP contribution in [0.4, 0.5) is 5.82 Å². The van der Waals surface area contributed by atoms with E-state index >= 15 is 0 Å². The number of aryl methyl sites for hydroxylation is 3. The van der Waals surface area contributed by atoms with Crippen molar-refractivity contribution < 1.29 is 0 Å². The van der Waals surface area contributed by atoms with Gasteiger partial charge in [-0.05, 0) is 45.2 Å². The lowest BCUT2D eigenvalue weighted by Gasteiger charge is -2.18. The Bertz CT molecular complexity index is 843. The van der Waals surface area contributed by atoms with Gasteiger partial charge in [-0.1, -0.05) is 0 Å². The van der Waals surface area contributed by atoms with Gasteiger partial charge in [0.15, 0.2) is 11.3 Å². The van der Waals surface area contributed by atoms with Crippen molar-refractivity contribution in [3.05, 3.63) is 29.1 Å². The molecule has 0 radical (unpaired) electrons. The molecule has 0 unspecified atom stereocenters. The number of aromatic nitrogens is 4. The topological polar surface area (TPSA) is 46.3 Å². The normalized spacial score (nSPS) is 15.5.